The van der Waals surface area contributed by atoms with Crippen molar-refractivity contribution in [2.75, 3.05) is 27.2 Å². The minimum absolute atomic E-state index is 0.0416. The van der Waals surface area contributed by atoms with Gasteiger partial charge in [-0.3, -0.25) is 9.59 Å². The normalized spacial score (nSPS) is 20.0. The van der Waals surface area contributed by atoms with Crippen LogP contribution in [0.1, 0.15) is 29.7 Å². The fraction of sp³-hybridized carbons (Fsp3) is 0.323. The lowest BCUT2D eigenvalue weighted by Crippen LogP contribution is -2.76. The molecule has 0 aliphatic carbocycles. The molecule has 0 aromatic heterocycles. The van der Waals surface area contributed by atoms with Crippen LogP contribution >= 0.6 is 0 Å². The molecule has 0 radical (unpaired) electrons. The van der Waals surface area contributed by atoms with Gasteiger partial charge in [-0.05, 0) is 47.9 Å². The smallest absolute Gasteiger partial charge is 0.334 e. The molecule has 2 fully saturated rings. The molecule has 0 saturated carbocycles. The van der Waals surface area contributed by atoms with Crippen molar-refractivity contribution < 1.29 is 24.2 Å². The Morgan fingerprint density at radius 2 is 1.66 bits per heavy atom. The molecule has 2 saturated heterocycles. The highest BCUT2D eigenvalue weighted by Crippen LogP contribution is 2.32. The Labute approximate surface area is 239 Å². The van der Waals surface area contributed by atoms with E-state index in [0.29, 0.717) is 0 Å². The van der Waals surface area contributed by atoms with Gasteiger partial charge in [0.25, 0.3) is 0 Å². The van der Waals surface area contributed by atoms with Crippen LogP contribution < -0.4 is 10.1 Å². The van der Waals surface area contributed by atoms with Gasteiger partial charge in [0.05, 0.1) is 26.2 Å². The van der Waals surface area contributed by atoms with E-state index in [4.69, 9.17) is 4.74 Å². The highest BCUT2D eigenvalue weighted by atomic mass is 16.5. The zero-order chi connectivity index (χ0) is 29.1. The number of benzene rings is 3. The number of hydrogen-bond acceptors (Lipinski definition) is 6. The fourth-order valence-electron chi connectivity index (χ4n) is 5.58. The molecule has 4 amide bonds. The monoisotopic (exact) mass is 557 g/mol. The molecule has 10 nitrogen and oxygen atoms in total. The zero-order valence-corrected chi connectivity index (χ0v) is 23.4. The summed E-state index contributed by atoms with van der Waals surface area (Å²) < 4.78 is 5.22. The van der Waals surface area contributed by atoms with Crippen molar-refractivity contribution >= 4 is 17.8 Å². The molecular weight excluding hydrogens is 522 g/mol. The molecule has 3 aromatic carbocycles. The van der Waals surface area contributed by atoms with Gasteiger partial charge in [0.15, 0.2) is 0 Å². The second-order valence-corrected chi connectivity index (χ2v) is 10.4. The number of nitrogens with zero attached hydrogens (tertiary/aromatic N) is 4. The standard InChI is InChI=1S/C31H35N5O5/c1-21(24-7-5-4-6-8-24)34-19-28-35(27(30(34)39)17-22-9-13-25(37)14-10-22)29(38)20-33(2)36(28)31(40)32-18-23-11-15-26(41-3)16-12-23/h4-16,21,27-28,37H,17-20H2,1-3H3,(H,32,40)/t21?,27-,28-/m0/s1. The molecule has 214 valence electrons. The Balaban J connectivity index is 1.45. The molecular formula is C31H35N5O5. The number of urea groups is 1. The largest absolute Gasteiger partial charge is 0.508 e. The van der Waals surface area contributed by atoms with Gasteiger partial charge in [-0.2, -0.15) is 0 Å². The first kappa shape index (κ1) is 28.0. The number of methoxy groups -OCH3 is 1. The van der Waals surface area contributed by atoms with E-state index < -0.39 is 12.2 Å². The van der Waals surface area contributed by atoms with Gasteiger partial charge in [0, 0.05) is 20.0 Å². The van der Waals surface area contributed by atoms with Gasteiger partial charge in [-0.1, -0.05) is 54.6 Å². The van der Waals surface area contributed by atoms with Crippen molar-refractivity contribution in [1.82, 2.24) is 25.1 Å². The van der Waals surface area contributed by atoms with Crippen molar-refractivity contribution in [3.63, 3.8) is 0 Å². The van der Waals surface area contributed by atoms with Crippen molar-refractivity contribution in [3.05, 3.63) is 95.6 Å². The number of likely N-dealkylation sites (N-methyl/N-ethyl adjacent to an activating group) is 1. The average molecular weight is 558 g/mol. The third kappa shape index (κ3) is 5.83. The van der Waals surface area contributed by atoms with Crippen LogP contribution in [0.2, 0.25) is 0 Å². The lowest BCUT2D eigenvalue weighted by Gasteiger charge is -2.55. The number of nitrogens with one attached hydrogen (secondary N) is 1. The van der Waals surface area contributed by atoms with Crippen LogP contribution in [0.15, 0.2) is 78.9 Å². The molecule has 0 bridgehead atoms. The number of carbonyl (C=O) groups excluding carboxylic acids is 3. The third-order valence-electron chi connectivity index (χ3n) is 7.81. The molecule has 2 heterocycles. The third-order valence-corrected chi connectivity index (χ3v) is 7.81. The Morgan fingerprint density at radius 3 is 2.32 bits per heavy atom. The number of hydrogen-bond donors (Lipinski definition) is 2. The van der Waals surface area contributed by atoms with E-state index in [1.807, 2.05) is 61.5 Å². The second kappa shape index (κ2) is 11.9. The number of phenolic OH excluding ortho intramolecular Hbond substituents is 1. The topological polar surface area (TPSA) is 106 Å². The average Bonchev–Trinajstić information content (AvgIpc) is 2.98. The molecule has 5 rings (SSSR count). The van der Waals surface area contributed by atoms with E-state index in [9.17, 15) is 19.5 Å². The number of amides is 4. The first-order valence-electron chi connectivity index (χ1n) is 13.6. The lowest BCUT2D eigenvalue weighted by molar-refractivity contribution is -0.189. The molecule has 2 aliphatic heterocycles. The van der Waals surface area contributed by atoms with Gasteiger partial charge in [0.2, 0.25) is 11.8 Å². The summed E-state index contributed by atoms with van der Waals surface area (Å²) >= 11 is 0. The summed E-state index contributed by atoms with van der Waals surface area (Å²) in [6.45, 7) is 2.36. The van der Waals surface area contributed by atoms with E-state index >= 15 is 0 Å². The second-order valence-electron chi connectivity index (χ2n) is 10.4. The van der Waals surface area contributed by atoms with E-state index in [1.165, 1.54) is 0 Å². The number of carbonyl (C=O) groups is 3. The Bertz CT molecular complexity index is 1380. The number of ether oxygens (including phenoxy) is 1. The summed E-state index contributed by atoms with van der Waals surface area (Å²) in [4.78, 5) is 44.6. The summed E-state index contributed by atoms with van der Waals surface area (Å²) in [5.74, 6) is 0.448. The number of piperazine rings is 1. The predicted molar refractivity (Wildman–Crippen MR) is 153 cm³/mol. The van der Waals surface area contributed by atoms with E-state index in [2.05, 4.69) is 5.32 Å². The van der Waals surface area contributed by atoms with Gasteiger partial charge in [-0.25, -0.2) is 14.8 Å². The van der Waals surface area contributed by atoms with E-state index in [-0.39, 0.29) is 55.7 Å². The SMILES string of the molecule is COc1ccc(CNC(=O)N2[C@H]3CN(C(C)c4ccccc4)C(=O)[C@H](Cc4ccc(O)cc4)N3C(=O)CN2C)cc1. The highest BCUT2D eigenvalue weighted by molar-refractivity contribution is 5.92. The molecule has 10 heteroatoms. The van der Waals surface area contributed by atoms with Crippen LogP contribution in [0.5, 0.6) is 11.5 Å². The van der Waals surface area contributed by atoms with Crippen molar-refractivity contribution in [2.45, 2.75) is 38.1 Å². The number of rotatable bonds is 7. The zero-order valence-electron chi connectivity index (χ0n) is 23.4. The summed E-state index contributed by atoms with van der Waals surface area (Å²) in [7, 11) is 3.31. The predicted octanol–water partition coefficient (Wildman–Crippen LogP) is 3.14. The van der Waals surface area contributed by atoms with Crippen LogP contribution in [-0.4, -0.2) is 82.2 Å². The molecule has 0 spiro atoms. The van der Waals surface area contributed by atoms with Crippen LogP contribution in [-0.2, 0) is 22.6 Å². The first-order chi connectivity index (χ1) is 19.8. The first-order valence-corrected chi connectivity index (χ1v) is 13.6. The number of phenols is 1. The van der Waals surface area contributed by atoms with Gasteiger partial charge in [0.1, 0.15) is 23.7 Å². The van der Waals surface area contributed by atoms with Crippen LogP contribution in [0, 0.1) is 0 Å². The number of hydrazine groups is 1. The summed E-state index contributed by atoms with van der Waals surface area (Å²) in [6.07, 6.45) is -0.451. The van der Waals surface area contributed by atoms with E-state index in [0.717, 1.165) is 22.4 Å². The maximum absolute atomic E-state index is 14.1. The lowest BCUT2D eigenvalue weighted by atomic mass is 9.96. The van der Waals surface area contributed by atoms with Crippen LogP contribution in [0.4, 0.5) is 4.79 Å². The summed E-state index contributed by atoms with van der Waals surface area (Å²) in [5.41, 5.74) is 2.66. The van der Waals surface area contributed by atoms with E-state index in [1.54, 1.807) is 58.2 Å². The highest BCUT2D eigenvalue weighted by Gasteiger charge is 2.51. The Kier molecular flexibility index (Phi) is 8.11. The quantitative estimate of drug-likeness (QED) is 0.463. The van der Waals surface area contributed by atoms with Gasteiger partial charge < -0.3 is 25.0 Å². The van der Waals surface area contributed by atoms with Crippen molar-refractivity contribution in [2.24, 2.45) is 0 Å². The Hall–Kier alpha value is -4.57. The van der Waals surface area contributed by atoms with Crippen molar-refractivity contribution in [1.29, 1.82) is 0 Å². The van der Waals surface area contributed by atoms with Crippen LogP contribution in [0.25, 0.3) is 0 Å². The number of aromatic hydroxyl groups is 1. The van der Waals surface area contributed by atoms with Gasteiger partial charge >= 0.3 is 6.03 Å². The summed E-state index contributed by atoms with van der Waals surface area (Å²) in [6, 6.07) is 22.3. The molecule has 3 aromatic rings. The molecule has 41 heavy (non-hydrogen) atoms. The van der Waals surface area contributed by atoms with Crippen LogP contribution in [0.3, 0.4) is 0 Å². The molecule has 2 aliphatic rings. The maximum Gasteiger partial charge on any atom is 0.334 e. The number of fused-ring (bicyclic) bond motifs is 1. The van der Waals surface area contributed by atoms with Crippen molar-refractivity contribution in [3.8, 4) is 11.5 Å². The molecule has 1 unspecified atom stereocenters. The maximum atomic E-state index is 14.1. The molecule has 2 N–H and O–H groups in total. The minimum Gasteiger partial charge on any atom is -0.508 e. The Morgan fingerprint density at radius 1 is 1.00 bits per heavy atom. The fourth-order valence-corrected chi connectivity index (χ4v) is 5.58. The van der Waals surface area contributed by atoms with Gasteiger partial charge in [-0.15, -0.1) is 0 Å². The summed E-state index contributed by atoms with van der Waals surface area (Å²) in [5, 5.41) is 15.9. The minimum atomic E-state index is -0.817. The molecule has 3 atom stereocenters.